The van der Waals surface area contributed by atoms with E-state index in [2.05, 4.69) is 5.32 Å². The highest BCUT2D eigenvalue weighted by Gasteiger charge is 2.27. The van der Waals surface area contributed by atoms with Gasteiger partial charge in [0.2, 0.25) is 0 Å². The SMILES string of the molecule is COC1CCCC(Nc2c([N+](=O)[O-])ccc(F)c2F)C1. The van der Waals surface area contributed by atoms with Crippen molar-refractivity contribution in [3.8, 4) is 0 Å². The molecule has 0 heterocycles. The van der Waals surface area contributed by atoms with E-state index >= 15 is 0 Å². The second kappa shape index (κ2) is 6.13. The first kappa shape index (κ1) is 14.6. The maximum absolute atomic E-state index is 13.8. The Labute approximate surface area is 115 Å². The Hall–Kier alpha value is -1.76. The topological polar surface area (TPSA) is 64.4 Å². The first-order valence-electron chi connectivity index (χ1n) is 6.44. The molecule has 0 aromatic heterocycles. The highest BCUT2D eigenvalue weighted by atomic mass is 19.2. The van der Waals surface area contributed by atoms with Crippen LogP contribution in [0.3, 0.4) is 0 Å². The maximum atomic E-state index is 13.8. The van der Waals surface area contributed by atoms with Crippen molar-refractivity contribution in [1.82, 2.24) is 0 Å². The van der Waals surface area contributed by atoms with Crippen LogP contribution in [0.4, 0.5) is 20.2 Å². The number of nitro benzene ring substituents is 1. The van der Waals surface area contributed by atoms with Gasteiger partial charge in [-0.15, -0.1) is 0 Å². The maximum Gasteiger partial charge on any atom is 0.295 e. The minimum absolute atomic E-state index is 0.0388. The summed E-state index contributed by atoms with van der Waals surface area (Å²) in [7, 11) is 1.60. The van der Waals surface area contributed by atoms with Gasteiger partial charge < -0.3 is 10.1 Å². The highest BCUT2D eigenvalue weighted by molar-refractivity contribution is 5.63. The number of nitro groups is 1. The normalized spacial score (nSPS) is 22.6. The number of ether oxygens (including phenoxy) is 1. The third kappa shape index (κ3) is 3.04. The van der Waals surface area contributed by atoms with Gasteiger partial charge in [-0.3, -0.25) is 10.1 Å². The van der Waals surface area contributed by atoms with Gasteiger partial charge in [-0.25, -0.2) is 8.78 Å². The van der Waals surface area contributed by atoms with Gasteiger partial charge in [-0.1, -0.05) is 0 Å². The van der Waals surface area contributed by atoms with E-state index in [-0.39, 0.29) is 17.8 Å². The van der Waals surface area contributed by atoms with Crippen molar-refractivity contribution in [2.45, 2.75) is 37.8 Å². The lowest BCUT2D eigenvalue weighted by Crippen LogP contribution is -2.31. The number of halogens is 2. The minimum atomic E-state index is -1.21. The van der Waals surface area contributed by atoms with Gasteiger partial charge in [0.05, 0.1) is 11.0 Å². The van der Waals surface area contributed by atoms with E-state index in [1.54, 1.807) is 7.11 Å². The Morgan fingerprint density at radius 2 is 2.15 bits per heavy atom. The average molecular weight is 286 g/mol. The van der Waals surface area contributed by atoms with Crippen LogP contribution in [0.2, 0.25) is 0 Å². The van der Waals surface area contributed by atoms with Crippen LogP contribution in [0, 0.1) is 21.7 Å². The molecule has 20 heavy (non-hydrogen) atoms. The zero-order valence-corrected chi connectivity index (χ0v) is 11.1. The summed E-state index contributed by atoms with van der Waals surface area (Å²) in [5, 5.41) is 13.7. The van der Waals surface area contributed by atoms with Crippen LogP contribution in [-0.4, -0.2) is 24.2 Å². The van der Waals surface area contributed by atoms with Crippen LogP contribution in [0.5, 0.6) is 0 Å². The highest BCUT2D eigenvalue weighted by Crippen LogP contribution is 2.32. The van der Waals surface area contributed by atoms with Crippen LogP contribution in [-0.2, 0) is 4.74 Å². The van der Waals surface area contributed by atoms with Crippen molar-refractivity contribution in [2.75, 3.05) is 12.4 Å². The molecule has 5 nitrogen and oxygen atoms in total. The van der Waals surface area contributed by atoms with Gasteiger partial charge in [0, 0.05) is 19.2 Å². The molecule has 1 aromatic carbocycles. The van der Waals surface area contributed by atoms with Crippen LogP contribution in [0.1, 0.15) is 25.7 Å². The number of methoxy groups -OCH3 is 1. The molecule has 1 saturated carbocycles. The molecule has 2 rings (SSSR count). The zero-order chi connectivity index (χ0) is 14.7. The number of nitrogens with one attached hydrogen (secondary N) is 1. The average Bonchev–Trinajstić information content (AvgIpc) is 2.44. The Morgan fingerprint density at radius 1 is 1.40 bits per heavy atom. The van der Waals surface area contributed by atoms with E-state index in [4.69, 9.17) is 4.74 Å². The predicted octanol–water partition coefficient (Wildman–Crippen LogP) is 3.24. The first-order chi connectivity index (χ1) is 9.52. The minimum Gasteiger partial charge on any atom is -0.381 e. The van der Waals surface area contributed by atoms with Crippen molar-refractivity contribution < 1.29 is 18.4 Å². The smallest absolute Gasteiger partial charge is 0.295 e. The van der Waals surface area contributed by atoms with Gasteiger partial charge >= 0.3 is 0 Å². The molecular weight excluding hydrogens is 270 g/mol. The van der Waals surface area contributed by atoms with Crippen LogP contribution >= 0.6 is 0 Å². The lowest BCUT2D eigenvalue weighted by molar-refractivity contribution is -0.384. The summed E-state index contributed by atoms with van der Waals surface area (Å²) in [5.74, 6) is -2.31. The first-order valence-corrected chi connectivity index (χ1v) is 6.44. The standard InChI is InChI=1S/C13H16F2N2O3/c1-20-9-4-2-3-8(7-9)16-13-11(17(18)19)6-5-10(14)12(13)15/h5-6,8-9,16H,2-4,7H2,1H3. The Bertz CT molecular complexity index is 511. The Morgan fingerprint density at radius 3 is 2.80 bits per heavy atom. The van der Waals surface area contributed by atoms with E-state index < -0.39 is 22.2 Å². The monoisotopic (exact) mass is 286 g/mol. The van der Waals surface area contributed by atoms with Gasteiger partial charge in [0.1, 0.15) is 0 Å². The van der Waals surface area contributed by atoms with Gasteiger partial charge in [-0.2, -0.15) is 0 Å². The number of nitrogens with zero attached hydrogens (tertiary/aromatic N) is 1. The third-order valence-corrected chi connectivity index (χ3v) is 3.58. The molecule has 1 N–H and O–H groups in total. The third-order valence-electron chi connectivity index (χ3n) is 3.58. The fourth-order valence-corrected chi connectivity index (χ4v) is 2.52. The molecule has 2 atom stereocenters. The molecule has 1 fully saturated rings. The summed E-state index contributed by atoms with van der Waals surface area (Å²) < 4.78 is 32.3. The molecular formula is C13H16F2N2O3. The zero-order valence-electron chi connectivity index (χ0n) is 11.1. The molecule has 1 aliphatic rings. The quantitative estimate of drug-likeness (QED) is 0.681. The van der Waals surface area contributed by atoms with Crippen molar-refractivity contribution >= 4 is 11.4 Å². The molecule has 1 aromatic rings. The lowest BCUT2D eigenvalue weighted by atomic mass is 9.92. The molecule has 0 saturated heterocycles. The largest absolute Gasteiger partial charge is 0.381 e. The molecule has 0 aliphatic heterocycles. The molecule has 2 unspecified atom stereocenters. The molecule has 0 bridgehead atoms. The Balaban J connectivity index is 2.23. The lowest BCUT2D eigenvalue weighted by Gasteiger charge is -2.29. The van der Waals surface area contributed by atoms with Crippen molar-refractivity contribution in [2.24, 2.45) is 0 Å². The molecule has 7 heteroatoms. The summed E-state index contributed by atoms with van der Waals surface area (Å²) in [6, 6.07) is 1.57. The fourth-order valence-electron chi connectivity index (χ4n) is 2.52. The number of hydrogen-bond donors (Lipinski definition) is 1. The summed E-state index contributed by atoms with van der Waals surface area (Å²) in [5.41, 5.74) is -0.833. The molecule has 0 radical (unpaired) electrons. The number of hydrogen-bond acceptors (Lipinski definition) is 4. The second-order valence-corrected chi connectivity index (χ2v) is 4.88. The predicted molar refractivity (Wildman–Crippen MR) is 69.7 cm³/mol. The van der Waals surface area contributed by atoms with E-state index in [9.17, 15) is 18.9 Å². The molecule has 110 valence electrons. The second-order valence-electron chi connectivity index (χ2n) is 4.88. The van der Waals surface area contributed by atoms with Crippen molar-refractivity contribution in [3.63, 3.8) is 0 Å². The van der Waals surface area contributed by atoms with Gasteiger partial charge in [-0.05, 0) is 31.7 Å². The van der Waals surface area contributed by atoms with Gasteiger partial charge in [0.15, 0.2) is 17.3 Å². The summed E-state index contributed by atoms with van der Waals surface area (Å²) in [4.78, 5) is 10.2. The summed E-state index contributed by atoms with van der Waals surface area (Å²) >= 11 is 0. The number of anilines is 1. The molecule has 0 spiro atoms. The van der Waals surface area contributed by atoms with Crippen molar-refractivity contribution in [3.05, 3.63) is 33.9 Å². The summed E-state index contributed by atoms with van der Waals surface area (Å²) in [6.45, 7) is 0. The van der Waals surface area contributed by atoms with E-state index in [1.165, 1.54) is 0 Å². The van der Waals surface area contributed by atoms with E-state index in [1.807, 2.05) is 0 Å². The molecule has 0 amide bonds. The van der Waals surface area contributed by atoms with Crippen LogP contribution in [0.25, 0.3) is 0 Å². The van der Waals surface area contributed by atoms with Crippen LogP contribution in [0.15, 0.2) is 12.1 Å². The number of rotatable bonds is 4. The summed E-state index contributed by atoms with van der Waals surface area (Å²) in [6.07, 6.45) is 3.18. The van der Waals surface area contributed by atoms with E-state index in [0.717, 1.165) is 31.4 Å². The fraction of sp³-hybridized carbons (Fsp3) is 0.538. The molecule has 1 aliphatic carbocycles. The Kier molecular flexibility index (Phi) is 4.49. The number of benzene rings is 1. The van der Waals surface area contributed by atoms with Gasteiger partial charge in [0.25, 0.3) is 5.69 Å². The van der Waals surface area contributed by atoms with E-state index in [0.29, 0.717) is 6.42 Å². The van der Waals surface area contributed by atoms with Crippen LogP contribution < -0.4 is 5.32 Å². The van der Waals surface area contributed by atoms with Crippen molar-refractivity contribution in [1.29, 1.82) is 0 Å².